The number of unbranched alkanes of at least 4 members (excludes halogenated alkanes) is 1. The van der Waals surface area contributed by atoms with Crippen LogP contribution in [0.3, 0.4) is 0 Å². The van der Waals surface area contributed by atoms with Crippen molar-refractivity contribution < 1.29 is 33.7 Å². The first kappa shape index (κ1) is 54.4. The van der Waals surface area contributed by atoms with Gasteiger partial charge in [0.1, 0.15) is 18.7 Å². The first-order chi connectivity index (χ1) is 33.3. The summed E-state index contributed by atoms with van der Waals surface area (Å²) in [5, 5.41) is 30.0. The van der Waals surface area contributed by atoms with Crippen LogP contribution in [-0.2, 0) is 28.6 Å². The maximum Gasteiger partial charge on any atom is 0.303 e. The number of rotatable bonds is 30. The summed E-state index contributed by atoms with van der Waals surface area (Å²) < 4.78 is 19.6. The average Bonchev–Trinajstić information content (AvgIpc) is 4.03. The van der Waals surface area contributed by atoms with E-state index in [1.807, 2.05) is 14.7 Å². The van der Waals surface area contributed by atoms with Crippen LogP contribution in [0.1, 0.15) is 108 Å². The maximum atomic E-state index is 14.2. The Hall–Kier alpha value is -5.58. The van der Waals surface area contributed by atoms with E-state index in [1.54, 1.807) is 22.0 Å². The molecule has 0 aliphatic carbocycles. The van der Waals surface area contributed by atoms with Crippen LogP contribution < -0.4 is 32.3 Å². The highest BCUT2D eigenvalue weighted by molar-refractivity contribution is 5.81. The SMILES string of the molecule is C#CCOCCOCCOCCNc1nc(N2CCN(C(=O)[C@H](CCCCN)n3cc(C(N)CC(C)C)nn3)CC2)nc(N2CCN(C(=O)[C@H](CCC(=O)O)n3cc(C(N)CC(C)C)nn3)CC2)n1. The molecule has 3 aromatic rings. The van der Waals surface area contributed by atoms with Crippen LogP contribution in [0.2, 0.25) is 0 Å². The molecule has 2 aliphatic rings. The molecule has 24 nitrogen and oxygen atoms in total. The van der Waals surface area contributed by atoms with Crippen molar-refractivity contribution in [3.63, 3.8) is 0 Å². The zero-order valence-electron chi connectivity index (χ0n) is 40.9. The van der Waals surface area contributed by atoms with E-state index < -0.39 is 18.1 Å². The number of aromatic nitrogens is 9. The summed E-state index contributed by atoms with van der Waals surface area (Å²) in [7, 11) is 0. The molecule has 0 bridgehead atoms. The van der Waals surface area contributed by atoms with Gasteiger partial charge < -0.3 is 61.4 Å². The minimum absolute atomic E-state index is 0.0431. The first-order valence-electron chi connectivity index (χ1n) is 24.3. The summed E-state index contributed by atoms with van der Waals surface area (Å²) in [6.45, 7) is 14.7. The van der Waals surface area contributed by atoms with E-state index in [-0.39, 0.29) is 43.3 Å². The number of ether oxygens (including phenoxy) is 3. The Morgan fingerprint density at radius 2 is 1.19 bits per heavy atom. The van der Waals surface area contributed by atoms with Gasteiger partial charge in [-0.25, -0.2) is 9.36 Å². The van der Waals surface area contributed by atoms with Crippen LogP contribution in [0.5, 0.6) is 0 Å². The Morgan fingerprint density at radius 1 is 0.710 bits per heavy atom. The molecule has 2 saturated heterocycles. The van der Waals surface area contributed by atoms with E-state index in [0.29, 0.717) is 152 Å². The molecule has 2 fully saturated rings. The van der Waals surface area contributed by atoms with Crippen molar-refractivity contribution >= 4 is 35.6 Å². The van der Waals surface area contributed by atoms with Crippen molar-refractivity contribution in [3.8, 4) is 12.3 Å². The van der Waals surface area contributed by atoms with Crippen LogP contribution in [0.25, 0.3) is 0 Å². The highest BCUT2D eigenvalue weighted by atomic mass is 16.5. The van der Waals surface area contributed by atoms with Crippen LogP contribution in [-0.4, -0.2) is 183 Å². The number of nitrogens with one attached hydrogen (secondary N) is 1. The third-order valence-corrected chi connectivity index (χ3v) is 11.9. The molecule has 2 unspecified atom stereocenters. The third kappa shape index (κ3) is 17.1. The molecule has 24 heteroatoms. The number of anilines is 3. The number of nitrogens with two attached hydrogens (primary N) is 3. The van der Waals surface area contributed by atoms with Gasteiger partial charge in [0.15, 0.2) is 0 Å². The fourth-order valence-electron chi connectivity index (χ4n) is 8.16. The fourth-order valence-corrected chi connectivity index (χ4v) is 8.16. The lowest BCUT2D eigenvalue weighted by atomic mass is 10.0. The second kappa shape index (κ2) is 28.2. The molecule has 382 valence electrons. The van der Waals surface area contributed by atoms with Gasteiger partial charge in [-0.1, -0.05) is 44.0 Å². The summed E-state index contributed by atoms with van der Waals surface area (Å²) in [6.07, 6.45) is 12.0. The van der Waals surface area contributed by atoms with Crippen LogP contribution in [0.4, 0.5) is 17.8 Å². The highest BCUT2D eigenvalue weighted by Gasteiger charge is 2.34. The molecule has 5 heterocycles. The van der Waals surface area contributed by atoms with Gasteiger partial charge in [-0.3, -0.25) is 14.4 Å². The monoisotopic (exact) mass is 966 g/mol. The van der Waals surface area contributed by atoms with E-state index >= 15 is 0 Å². The van der Waals surface area contributed by atoms with E-state index in [2.05, 4.69) is 59.6 Å². The molecule has 2 aliphatic heterocycles. The van der Waals surface area contributed by atoms with E-state index in [1.165, 1.54) is 4.68 Å². The van der Waals surface area contributed by atoms with Gasteiger partial charge in [-0.15, -0.1) is 16.6 Å². The van der Waals surface area contributed by atoms with Gasteiger partial charge in [0.2, 0.25) is 29.7 Å². The molecular weight excluding hydrogens is 891 g/mol. The summed E-state index contributed by atoms with van der Waals surface area (Å²) in [6, 6.07) is -2.05. The van der Waals surface area contributed by atoms with Gasteiger partial charge in [0.05, 0.1) is 68.9 Å². The van der Waals surface area contributed by atoms with Gasteiger partial charge in [-0.05, 0) is 56.9 Å². The number of nitrogens with zero attached hydrogens (tertiary/aromatic N) is 13. The Morgan fingerprint density at radius 3 is 1.65 bits per heavy atom. The van der Waals surface area contributed by atoms with Crippen molar-refractivity contribution in [1.82, 2.24) is 54.7 Å². The number of hydrogen-bond donors (Lipinski definition) is 5. The lowest BCUT2D eigenvalue weighted by Gasteiger charge is -2.38. The quantitative estimate of drug-likeness (QED) is 0.0460. The number of terminal acetylenes is 1. The number of amides is 2. The molecule has 5 rings (SSSR count). The highest BCUT2D eigenvalue weighted by Crippen LogP contribution is 2.26. The zero-order chi connectivity index (χ0) is 49.7. The molecule has 4 atom stereocenters. The van der Waals surface area contributed by atoms with Crippen LogP contribution in [0.15, 0.2) is 12.4 Å². The summed E-state index contributed by atoms with van der Waals surface area (Å²) in [5.41, 5.74) is 19.8. The topological polar surface area (TPSA) is 302 Å². The predicted octanol–water partition coefficient (Wildman–Crippen LogP) is 1.01. The lowest BCUT2D eigenvalue weighted by molar-refractivity contribution is -0.139. The standard InChI is InChI=1S/C45H75N17O7/c1-6-22-67-24-26-69-27-25-68-23-13-49-43-50-44(59-18-14-57(15-19-59)41(65)38(9-7-8-12-46)61-30-36(53-55-61)34(47)28-32(2)3)52-45(51-43)60-20-16-58(17-21-60)42(66)39(10-11-40(63)64)62-31-37(54-56-62)35(48)29-33(4)5/h1,30-35,38-39H,7-29,46-48H2,2-5H3,(H,63,64)(H,49,50,51,52)/t34?,35?,38-,39-/m0/s1. The molecule has 3 aromatic heterocycles. The van der Waals surface area contributed by atoms with E-state index in [4.69, 9.17) is 52.8 Å². The lowest BCUT2D eigenvalue weighted by Crippen LogP contribution is -2.52. The molecule has 2 amide bonds. The zero-order valence-corrected chi connectivity index (χ0v) is 40.9. The second-order valence-corrected chi connectivity index (χ2v) is 18.3. The van der Waals surface area contributed by atoms with E-state index in [9.17, 15) is 19.5 Å². The van der Waals surface area contributed by atoms with Crippen molar-refractivity contribution in [2.45, 2.75) is 96.8 Å². The predicted molar refractivity (Wildman–Crippen MR) is 258 cm³/mol. The van der Waals surface area contributed by atoms with Gasteiger partial charge in [-0.2, -0.15) is 15.0 Å². The van der Waals surface area contributed by atoms with E-state index in [0.717, 1.165) is 19.3 Å². The van der Waals surface area contributed by atoms with Gasteiger partial charge >= 0.3 is 5.97 Å². The van der Waals surface area contributed by atoms with Gasteiger partial charge in [0, 0.05) is 65.3 Å². The minimum Gasteiger partial charge on any atom is -0.481 e. The van der Waals surface area contributed by atoms with Crippen LogP contribution in [0, 0.1) is 24.2 Å². The molecule has 0 saturated carbocycles. The Bertz CT molecular complexity index is 2060. The minimum atomic E-state index is -1.01. The number of hydrogen-bond acceptors (Lipinski definition) is 19. The summed E-state index contributed by atoms with van der Waals surface area (Å²) in [4.78, 5) is 62.1. The summed E-state index contributed by atoms with van der Waals surface area (Å²) >= 11 is 0. The summed E-state index contributed by atoms with van der Waals surface area (Å²) in [5.74, 6) is 3.04. The third-order valence-electron chi connectivity index (χ3n) is 11.9. The Balaban J connectivity index is 1.26. The maximum absolute atomic E-state index is 14.2. The molecule has 0 spiro atoms. The van der Waals surface area contributed by atoms with Crippen LogP contribution >= 0.6 is 0 Å². The Kier molecular flexibility index (Phi) is 22.2. The smallest absolute Gasteiger partial charge is 0.303 e. The molecule has 0 aromatic carbocycles. The van der Waals surface area contributed by atoms with Gasteiger partial charge in [0.25, 0.3) is 0 Å². The normalized spacial score (nSPS) is 16.2. The second-order valence-electron chi connectivity index (χ2n) is 18.3. The Labute approximate surface area is 405 Å². The number of aliphatic carboxylic acids is 1. The fraction of sp³-hybridized carbons (Fsp3) is 0.733. The number of carboxylic acids is 1. The molecule has 8 N–H and O–H groups in total. The van der Waals surface area contributed by atoms with Crippen molar-refractivity contribution in [2.75, 3.05) is 120 Å². The number of piperazine rings is 2. The molecule has 0 radical (unpaired) electrons. The molecule has 69 heavy (non-hydrogen) atoms. The van der Waals surface area contributed by atoms with Crippen molar-refractivity contribution in [2.24, 2.45) is 29.0 Å². The number of carboxylic acid groups (broad SMARTS) is 1. The number of carbonyl (C=O) groups excluding carboxylic acids is 2. The average molecular weight is 966 g/mol. The van der Waals surface area contributed by atoms with Crippen molar-refractivity contribution in [1.29, 1.82) is 0 Å². The molecular formula is C45H75N17O7. The largest absolute Gasteiger partial charge is 0.481 e. The first-order valence-corrected chi connectivity index (χ1v) is 24.3. The van der Waals surface area contributed by atoms with Crippen molar-refractivity contribution in [3.05, 3.63) is 23.8 Å². The number of carbonyl (C=O) groups is 3.